The van der Waals surface area contributed by atoms with Crippen molar-refractivity contribution in [2.75, 3.05) is 33.3 Å². The first-order chi connectivity index (χ1) is 12.4. The average molecular weight is 409 g/mol. The van der Waals surface area contributed by atoms with Gasteiger partial charge in [-0.2, -0.15) is 18.2 Å². The van der Waals surface area contributed by atoms with Gasteiger partial charge in [0.2, 0.25) is 0 Å². The summed E-state index contributed by atoms with van der Waals surface area (Å²) in [5, 5.41) is 7.23. The van der Waals surface area contributed by atoms with E-state index in [2.05, 4.69) is 20.4 Å². The highest BCUT2D eigenvalue weighted by atomic mass is 35.5. The van der Waals surface area contributed by atoms with Crippen molar-refractivity contribution in [1.29, 1.82) is 0 Å². The van der Waals surface area contributed by atoms with Gasteiger partial charge in [-0.15, -0.1) is 12.4 Å². The Morgan fingerprint density at radius 2 is 1.96 bits per heavy atom. The monoisotopic (exact) mass is 408 g/mol. The van der Waals surface area contributed by atoms with Crippen molar-refractivity contribution in [2.45, 2.75) is 18.8 Å². The highest BCUT2D eigenvalue weighted by Crippen LogP contribution is 2.29. The maximum Gasteiger partial charge on any atom is 0.422 e. The van der Waals surface area contributed by atoms with Crippen LogP contribution in [-0.4, -0.2) is 54.5 Å². The number of nitrogens with one attached hydrogen (secondary N) is 1. The van der Waals surface area contributed by atoms with E-state index in [-0.39, 0.29) is 42.4 Å². The molecule has 3 rings (SSSR count). The molecule has 1 aliphatic heterocycles. The van der Waals surface area contributed by atoms with E-state index in [4.69, 9.17) is 14.0 Å². The molecule has 1 N–H and O–H groups in total. The fraction of sp³-hybridized carbons (Fsp3) is 0.500. The van der Waals surface area contributed by atoms with Gasteiger partial charge in [0.1, 0.15) is 0 Å². The van der Waals surface area contributed by atoms with Crippen LogP contribution >= 0.6 is 12.4 Å². The predicted octanol–water partition coefficient (Wildman–Crippen LogP) is 2.59. The Kier molecular flexibility index (Phi) is 7.28. The molecule has 11 heteroatoms. The summed E-state index contributed by atoms with van der Waals surface area (Å²) in [5.41, 5.74) is 0. The molecule has 1 aromatic heterocycles. The molecule has 0 saturated carbocycles. The molecule has 2 aromatic rings. The minimum atomic E-state index is -4.42. The topological polar surface area (TPSA) is 72.7 Å². The van der Waals surface area contributed by atoms with Gasteiger partial charge in [0, 0.05) is 19.6 Å². The third-order valence-electron chi connectivity index (χ3n) is 3.88. The summed E-state index contributed by atoms with van der Waals surface area (Å²) < 4.78 is 52.4. The summed E-state index contributed by atoms with van der Waals surface area (Å²) >= 11 is 0. The van der Waals surface area contributed by atoms with E-state index in [0.717, 1.165) is 13.1 Å². The van der Waals surface area contributed by atoms with Crippen molar-refractivity contribution in [3.63, 3.8) is 0 Å². The first-order valence-electron chi connectivity index (χ1n) is 8.07. The van der Waals surface area contributed by atoms with E-state index >= 15 is 0 Å². The summed E-state index contributed by atoms with van der Waals surface area (Å²) in [6.45, 7) is 1.03. The second-order valence-corrected chi connectivity index (χ2v) is 5.89. The number of halogens is 4. The Balaban J connectivity index is 0.00000261. The number of likely N-dealkylation sites (N-methyl/N-ethyl adjacent to an activating group) is 1. The molecule has 1 saturated heterocycles. The van der Waals surface area contributed by atoms with E-state index in [1.807, 2.05) is 7.05 Å². The largest absolute Gasteiger partial charge is 0.480 e. The number of hydrogen-bond acceptors (Lipinski definition) is 7. The number of hydrogen-bond donors (Lipinski definition) is 1. The highest BCUT2D eigenvalue weighted by molar-refractivity contribution is 5.85. The number of alkyl halides is 3. The first kappa shape index (κ1) is 21.3. The molecule has 0 aliphatic carbocycles. The third kappa shape index (κ3) is 5.98. The van der Waals surface area contributed by atoms with Crippen LogP contribution in [0.3, 0.4) is 0 Å². The number of para-hydroxylation sites is 2. The quantitative estimate of drug-likeness (QED) is 0.787. The van der Waals surface area contributed by atoms with Crippen LogP contribution in [0.5, 0.6) is 11.5 Å². The zero-order valence-electron chi connectivity index (χ0n) is 14.5. The molecule has 0 bridgehead atoms. The van der Waals surface area contributed by atoms with Crippen LogP contribution in [0.4, 0.5) is 13.2 Å². The number of benzene rings is 1. The molecule has 0 radical (unpaired) electrons. The van der Waals surface area contributed by atoms with Gasteiger partial charge in [-0.3, -0.25) is 4.90 Å². The molecule has 1 atom stereocenters. The van der Waals surface area contributed by atoms with Gasteiger partial charge in [0.25, 0.3) is 5.89 Å². The van der Waals surface area contributed by atoms with Gasteiger partial charge in [-0.05, 0) is 19.2 Å². The van der Waals surface area contributed by atoms with Crippen LogP contribution in [0.15, 0.2) is 28.8 Å². The lowest BCUT2D eigenvalue weighted by atomic mass is 10.2. The fourth-order valence-electron chi connectivity index (χ4n) is 2.54. The van der Waals surface area contributed by atoms with E-state index < -0.39 is 12.8 Å². The van der Waals surface area contributed by atoms with Crippen LogP contribution < -0.4 is 14.8 Å². The van der Waals surface area contributed by atoms with Crippen molar-refractivity contribution in [1.82, 2.24) is 20.4 Å². The summed E-state index contributed by atoms with van der Waals surface area (Å²) in [7, 11) is 1.98. The Morgan fingerprint density at radius 1 is 1.26 bits per heavy atom. The Bertz CT molecular complexity index is 729. The van der Waals surface area contributed by atoms with Crippen molar-refractivity contribution < 1.29 is 27.2 Å². The summed E-state index contributed by atoms with van der Waals surface area (Å²) in [4.78, 5) is 6.43. The SMILES string of the molecule is CN1CCNCC1c1noc(COc2ccccc2OCC(F)(F)F)n1.Cl. The summed E-state index contributed by atoms with van der Waals surface area (Å²) in [5.74, 6) is 0.957. The van der Waals surface area contributed by atoms with Crippen molar-refractivity contribution >= 4 is 12.4 Å². The molecule has 1 unspecified atom stereocenters. The molecule has 1 aliphatic rings. The Labute approximate surface area is 160 Å². The molecule has 1 aromatic carbocycles. The third-order valence-corrected chi connectivity index (χ3v) is 3.88. The van der Waals surface area contributed by atoms with Gasteiger partial charge in [-0.1, -0.05) is 17.3 Å². The zero-order chi connectivity index (χ0) is 18.6. The normalized spacial score (nSPS) is 18.0. The molecule has 0 amide bonds. The van der Waals surface area contributed by atoms with Gasteiger partial charge in [0.15, 0.2) is 30.5 Å². The fourth-order valence-corrected chi connectivity index (χ4v) is 2.54. The Hall–Kier alpha value is -2.04. The maximum atomic E-state index is 12.3. The van der Waals surface area contributed by atoms with Crippen LogP contribution in [0, 0.1) is 0 Å². The van der Waals surface area contributed by atoms with E-state index in [1.54, 1.807) is 12.1 Å². The highest BCUT2D eigenvalue weighted by Gasteiger charge is 2.29. The molecule has 1 fully saturated rings. The minimum absolute atomic E-state index is 0. The second kappa shape index (κ2) is 9.25. The van der Waals surface area contributed by atoms with Crippen LogP contribution in [0.1, 0.15) is 17.8 Å². The van der Waals surface area contributed by atoms with Gasteiger partial charge >= 0.3 is 6.18 Å². The predicted molar refractivity (Wildman–Crippen MR) is 92.1 cm³/mol. The molecule has 2 heterocycles. The average Bonchev–Trinajstić information content (AvgIpc) is 3.07. The van der Waals surface area contributed by atoms with Crippen LogP contribution in [0.2, 0.25) is 0 Å². The molecular formula is C16H20ClF3N4O3. The smallest absolute Gasteiger partial charge is 0.422 e. The molecular weight excluding hydrogens is 389 g/mol. The Morgan fingerprint density at radius 3 is 2.63 bits per heavy atom. The van der Waals surface area contributed by atoms with Crippen LogP contribution in [0.25, 0.3) is 0 Å². The van der Waals surface area contributed by atoms with Gasteiger partial charge < -0.3 is 19.3 Å². The molecule has 150 valence electrons. The number of rotatable bonds is 6. The number of aromatic nitrogens is 2. The lowest BCUT2D eigenvalue weighted by Gasteiger charge is -2.30. The van der Waals surface area contributed by atoms with Gasteiger partial charge in [0.05, 0.1) is 6.04 Å². The first-order valence-corrected chi connectivity index (χ1v) is 8.07. The standard InChI is InChI=1S/C16H19F3N4O3.ClH/c1-23-7-6-20-8-11(23)15-21-14(26-22-15)9-24-12-4-2-3-5-13(12)25-10-16(17,18)19;/h2-5,11,20H,6-10H2,1H3;1H. The van der Waals surface area contributed by atoms with E-state index in [1.165, 1.54) is 12.1 Å². The molecule has 0 spiro atoms. The second-order valence-electron chi connectivity index (χ2n) is 5.89. The van der Waals surface area contributed by atoms with Crippen LogP contribution in [-0.2, 0) is 6.61 Å². The maximum absolute atomic E-state index is 12.3. The van der Waals surface area contributed by atoms with Gasteiger partial charge in [-0.25, -0.2) is 0 Å². The van der Waals surface area contributed by atoms with Crippen molar-refractivity contribution in [3.8, 4) is 11.5 Å². The van der Waals surface area contributed by atoms with E-state index in [9.17, 15) is 13.2 Å². The van der Waals surface area contributed by atoms with Crippen molar-refractivity contribution in [3.05, 3.63) is 36.0 Å². The lowest BCUT2D eigenvalue weighted by molar-refractivity contribution is -0.153. The number of ether oxygens (including phenoxy) is 2. The summed E-state index contributed by atoms with van der Waals surface area (Å²) in [6, 6.07) is 6.13. The lowest BCUT2D eigenvalue weighted by Crippen LogP contribution is -2.44. The minimum Gasteiger partial charge on any atom is -0.480 e. The molecule has 27 heavy (non-hydrogen) atoms. The van der Waals surface area contributed by atoms with Crippen molar-refractivity contribution in [2.24, 2.45) is 0 Å². The number of nitrogens with zero attached hydrogens (tertiary/aromatic N) is 3. The summed E-state index contributed by atoms with van der Waals surface area (Å²) in [6.07, 6.45) is -4.42. The van der Waals surface area contributed by atoms with E-state index in [0.29, 0.717) is 12.4 Å². The molecule has 7 nitrogen and oxygen atoms in total. The zero-order valence-corrected chi connectivity index (χ0v) is 15.3. The number of piperazine rings is 1.